The van der Waals surface area contributed by atoms with Gasteiger partial charge in [-0.1, -0.05) is 13.8 Å². The minimum absolute atomic E-state index is 0.0506. The van der Waals surface area contributed by atoms with Crippen LogP contribution in [0.5, 0.6) is 0 Å². The zero-order chi connectivity index (χ0) is 13.8. The first-order valence-corrected chi connectivity index (χ1v) is 6.94. The van der Waals surface area contributed by atoms with Crippen LogP contribution in [-0.2, 0) is 4.79 Å². The first-order chi connectivity index (χ1) is 9.06. The molecule has 1 fully saturated rings. The van der Waals surface area contributed by atoms with E-state index in [2.05, 4.69) is 29.1 Å². The third kappa shape index (κ3) is 3.66. The summed E-state index contributed by atoms with van der Waals surface area (Å²) < 4.78 is 0. The third-order valence-corrected chi connectivity index (χ3v) is 3.76. The van der Waals surface area contributed by atoms with Gasteiger partial charge in [0.2, 0.25) is 5.91 Å². The van der Waals surface area contributed by atoms with Crippen LogP contribution in [0.2, 0.25) is 0 Å². The fourth-order valence-corrected chi connectivity index (χ4v) is 2.50. The zero-order valence-corrected chi connectivity index (χ0v) is 11.6. The quantitative estimate of drug-likeness (QED) is 0.870. The van der Waals surface area contributed by atoms with Gasteiger partial charge in [0.15, 0.2) is 0 Å². The number of primary amides is 1. The van der Waals surface area contributed by atoms with Crippen molar-refractivity contribution in [3.63, 3.8) is 0 Å². The topological polar surface area (TPSA) is 80.9 Å². The highest BCUT2D eigenvalue weighted by molar-refractivity contribution is 5.76. The summed E-state index contributed by atoms with van der Waals surface area (Å²) in [5.41, 5.74) is 6.38. The number of amides is 1. The lowest BCUT2D eigenvalue weighted by Gasteiger charge is -2.27. The molecule has 104 valence electrons. The van der Waals surface area contributed by atoms with Gasteiger partial charge in [-0.05, 0) is 31.6 Å². The Labute approximate surface area is 114 Å². The molecule has 5 heteroatoms. The molecule has 1 heterocycles. The second-order valence-electron chi connectivity index (χ2n) is 5.58. The standard InChI is InChI=1S/C14H22N4O/c1-9(2)12-7-13(17-8-16-12)18-11-5-3-10(4-6-11)14(15)19/h7-11H,3-6H2,1-2H3,(H2,15,19)(H,16,17,18). The third-order valence-electron chi connectivity index (χ3n) is 3.76. The Bertz CT molecular complexity index is 439. The number of nitrogens with one attached hydrogen (secondary N) is 1. The number of aromatic nitrogens is 2. The van der Waals surface area contributed by atoms with Gasteiger partial charge < -0.3 is 11.1 Å². The van der Waals surface area contributed by atoms with Gasteiger partial charge >= 0.3 is 0 Å². The summed E-state index contributed by atoms with van der Waals surface area (Å²) in [6.07, 6.45) is 5.28. The van der Waals surface area contributed by atoms with E-state index in [0.717, 1.165) is 37.2 Å². The Morgan fingerprint density at radius 1 is 1.32 bits per heavy atom. The number of nitrogens with zero attached hydrogens (tertiary/aromatic N) is 2. The van der Waals surface area contributed by atoms with Gasteiger partial charge in [0.05, 0.1) is 0 Å². The summed E-state index contributed by atoms with van der Waals surface area (Å²) in [5.74, 6) is 1.16. The van der Waals surface area contributed by atoms with Gasteiger partial charge in [-0.2, -0.15) is 0 Å². The second kappa shape index (κ2) is 5.99. The summed E-state index contributed by atoms with van der Waals surface area (Å²) in [5, 5.41) is 3.43. The summed E-state index contributed by atoms with van der Waals surface area (Å²) in [6, 6.07) is 2.38. The molecule has 2 rings (SSSR count). The number of hydrogen-bond donors (Lipinski definition) is 2. The molecule has 0 saturated heterocycles. The highest BCUT2D eigenvalue weighted by atomic mass is 16.1. The molecule has 19 heavy (non-hydrogen) atoms. The minimum Gasteiger partial charge on any atom is -0.369 e. The van der Waals surface area contributed by atoms with Crippen LogP contribution < -0.4 is 11.1 Å². The molecule has 1 aliphatic rings. The van der Waals surface area contributed by atoms with E-state index < -0.39 is 0 Å². The lowest BCUT2D eigenvalue weighted by molar-refractivity contribution is -0.122. The van der Waals surface area contributed by atoms with E-state index >= 15 is 0 Å². The highest BCUT2D eigenvalue weighted by Gasteiger charge is 2.24. The van der Waals surface area contributed by atoms with E-state index in [4.69, 9.17) is 5.73 Å². The largest absolute Gasteiger partial charge is 0.369 e. The molecule has 0 radical (unpaired) electrons. The molecule has 1 saturated carbocycles. The molecule has 1 amide bonds. The van der Waals surface area contributed by atoms with Crippen LogP contribution in [0, 0.1) is 5.92 Å². The maximum atomic E-state index is 11.1. The number of rotatable bonds is 4. The predicted octanol–water partition coefficient (Wildman–Crippen LogP) is 2.06. The average Bonchev–Trinajstić information content (AvgIpc) is 2.39. The Balaban J connectivity index is 1.92. The van der Waals surface area contributed by atoms with Crippen LogP contribution in [0.1, 0.15) is 51.1 Å². The Hall–Kier alpha value is -1.65. The molecule has 5 nitrogen and oxygen atoms in total. The van der Waals surface area contributed by atoms with Crippen LogP contribution in [0.15, 0.2) is 12.4 Å². The fraction of sp³-hybridized carbons (Fsp3) is 0.643. The number of carbonyl (C=O) groups is 1. The summed E-state index contributed by atoms with van der Waals surface area (Å²) in [6.45, 7) is 4.23. The predicted molar refractivity (Wildman–Crippen MR) is 74.7 cm³/mol. The number of anilines is 1. The SMILES string of the molecule is CC(C)c1cc(NC2CCC(C(N)=O)CC2)ncn1. The molecule has 0 aromatic carbocycles. The summed E-state index contributed by atoms with van der Waals surface area (Å²) >= 11 is 0. The number of hydrogen-bond acceptors (Lipinski definition) is 4. The van der Waals surface area contributed by atoms with Crippen molar-refractivity contribution in [1.82, 2.24) is 9.97 Å². The lowest BCUT2D eigenvalue weighted by atomic mass is 9.85. The van der Waals surface area contributed by atoms with Crippen LogP contribution in [0.25, 0.3) is 0 Å². The van der Waals surface area contributed by atoms with Gasteiger partial charge in [-0.15, -0.1) is 0 Å². The molecule has 0 unspecified atom stereocenters. The maximum Gasteiger partial charge on any atom is 0.220 e. The highest BCUT2D eigenvalue weighted by Crippen LogP contribution is 2.26. The Kier molecular flexibility index (Phi) is 4.35. The summed E-state index contributed by atoms with van der Waals surface area (Å²) in [7, 11) is 0. The van der Waals surface area contributed by atoms with Gasteiger partial charge in [-0.3, -0.25) is 4.79 Å². The van der Waals surface area contributed by atoms with Crippen molar-refractivity contribution < 1.29 is 4.79 Å². The first-order valence-electron chi connectivity index (χ1n) is 6.94. The van der Waals surface area contributed by atoms with Crippen LogP contribution >= 0.6 is 0 Å². The van der Waals surface area contributed by atoms with Gasteiger partial charge in [0, 0.05) is 23.7 Å². The van der Waals surface area contributed by atoms with E-state index in [-0.39, 0.29) is 11.8 Å². The molecule has 1 aliphatic carbocycles. The zero-order valence-electron chi connectivity index (χ0n) is 11.6. The molecular weight excluding hydrogens is 240 g/mol. The second-order valence-corrected chi connectivity index (χ2v) is 5.58. The van der Waals surface area contributed by atoms with Crippen LogP contribution in [0.3, 0.4) is 0 Å². The fourth-order valence-electron chi connectivity index (χ4n) is 2.50. The molecule has 0 aliphatic heterocycles. The monoisotopic (exact) mass is 262 g/mol. The van der Waals surface area contributed by atoms with Crippen LogP contribution in [0.4, 0.5) is 5.82 Å². The van der Waals surface area contributed by atoms with Crippen molar-refractivity contribution in [2.24, 2.45) is 11.7 Å². The molecule has 1 aromatic heterocycles. The molecule has 0 bridgehead atoms. The summed E-state index contributed by atoms with van der Waals surface area (Å²) in [4.78, 5) is 19.6. The van der Waals surface area contributed by atoms with Gasteiger partial charge in [0.25, 0.3) is 0 Å². The van der Waals surface area contributed by atoms with Crippen molar-refractivity contribution in [1.29, 1.82) is 0 Å². The van der Waals surface area contributed by atoms with Crippen molar-refractivity contribution in [2.45, 2.75) is 51.5 Å². The normalized spacial score (nSPS) is 23.3. The van der Waals surface area contributed by atoms with E-state index in [1.54, 1.807) is 6.33 Å². The van der Waals surface area contributed by atoms with Gasteiger partial charge in [0.1, 0.15) is 12.1 Å². The Morgan fingerprint density at radius 3 is 2.58 bits per heavy atom. The maximum absolute atomic E-state index is 11.1. The number of nitrogens with two attached hydrogens (primary N) is 1. The average molecular weight is 262 g/mol. The van der Waals surface area contributed by atoms with E-state index in [1.807, 2.05) is 6.07 Å². The minimum atomic E-state index is -0.164. The Morgan fingerprint density at radius 2 is 2.00 bits per heavy atom. The van der Waals surface area contributed by atoms with E-state index in [1.165, 1.54) is 0 Å². The van der Waals surface area contributed by atoms with E-state index in [0.29, 0.717) is 12.0 Å². The molecule has 0 spiro atoms. The van der Waals surface area contributed by atoms with E-state index in [9.17, 15) is 4.79 Å². The number of carbonyl (C=O) groups excluding carboxylic acids is 1. The smallest absolute Gasteiger partial charge is 0.220 e. The van der Waals surface area contributed by atoms with Crippen molar-refractivity contribution in [3.05, 3.63) is 18.1 Å². The van der Waals surface area contributed by atoms with Crippen molar-refractivity contribution in [2.75, 3.05) is 5.32 Å². The first kappa shape index (κ1) is 13.8. The van der Waals surface area contributed by atoms with Crippen molar-refractivity contribution >= 4 is 11.7 Å². The van der Waals surface area contributed by atoms with Gasteiger partial charge in [-0.25, -0.2) is 9.97 Å². The molecular formula is C14H22N4O. The molecule has 1 aromatic rings. The van der Waals surface area contributed by atoms with Crippen LogP contribution in [-0.4, -0.2) is 21.9 Å². The van der Waals surface area contributed by atoms with Crippen molar-refractivity contribution in [3.8, 4) is 0 Å². The molecule has 0 atom stereocenters. The lowest BCUT2D eigenvalue weighted by Crippen LogP contribution is -2.32. The molecule has 3 N–H and O–H groups in total.